The van der Waals surface area contributed by atoms with Crippen molar-refractivity contribution >= 4 is 0 Å². The maximum Gasteiger partial charge on any atom is 0.00695 e. The number of nitrogens with one attached hydrogen (secondary N) is 1. The minimum atomic E-state index is 0.716. The van der Waals surface area contributed by atoms with Gasteiger partial charge in [0.05, 0.1) is 0 Å². The first kappa shape index (κ1) is 10.0. The second-order valence-corrected chi connectivity index (χ2v) is 4.16. The molecule has 1 N–H and O–H groups in total. The van der Waals surface area contributed by atoms with Crippen molar-refractivity contribution in [3.8, 4) is 0 Å². The van der Waals surface area contributed by atoms with Gasteiger partial charge in [-0.15, -0.1) is 0 Å². The molecule has 1 rings (SSSR count). The van der Waals surface area contributed by atoms with E-state index in [1.807, 2.05) is 0 Å². The molecule has 1 heteroatoms. The lowest BCUT2D eigenvalue weighted by atomic mass is 10.1. The van der Waals surface area contributed by atoms with Crippen LogP contribution in [0.15, 0.2) is 0 Å². The molecule has 0 bridgehead atoms. The standard InChI is InChI=1S/C11H23N/c1-3-10(2)12-11-8-6-4-5-7-9-11/h10-12H,3-9H2,1-2H3/t10-/m1/s1. The zero-order valence-electron chi connectivity index (χ0n) is 8.60. The molecule has 1 saturated carbocycles. The van der Waals surface area contributed by atoms with Crippen LogP contribution in [0.4, 0.5) is 0 Å². The van der Waals surface area contributed by atoms with Gasteiger partial charge < -0.3 is 5.32 Å². The van der Waals surface area contributed by atoms with Crippen molar-refractivity contribution in [1.29, 1.82) is 0 Å². The Bertz CT molecular complexity index is 104. The van der Waals surface area contributed by atoms with Gasteiger partial charge in [-0.1, -0.05) is 32.6 Å². The fraction of sp³-hybridized carbons (Fsp3) is 1.00. The second kappa shape index (κ2) is 5.58. The van der Waals surface area contributed by atoms with Crippen molar-refractivity contribution < 1.29 is 0 Å². The summed E-state index contributed by atoms with van der Waals surface area (Å²) in [5.74, 6) is 0. The van der Waals surface area contributed by atoms with Gasteiger partial charge in [-0.3, -0.25) is 0 Å². The van der Waals surface area contributed by atoms with Gasteiger partial charge in [-0.2, -0.15) is 0 Å². The van der Waals surface area contributed by atoms with Crippen molar-refractivity contribution in [3.05, 3.63) is 0 Å². The molecule has 12 heavy (non-hydrogen) atoms. The van der Waals surface area contributed by atoms with Crippen LogP contribution in [0.3, 0.4) is 0 Å². The molecule has 0 amide bonds. The lowest BCUT2D eigenvalue weighted by molar-refractivity contribution is 0.401. The fourth-order valence-corrected chi connectivity index (χ4v) is 1.97. The average molecular weight is 169 g/mol. The van der Waals surface area contributed by atoms with Crippen LogP contribution < -0.4 is 5.32 Å². The van der Waals surface area contributed by atoms with Gasteiger partial charge in [0.25, 0.3) is 0 Å². The Morgan fingerprint density at radius 1 is 1.17 bits per heavy atom. The van der Waals surface area contributed by atoms with Gasteiger partial charge in [0.15, 0.2) is 0 Å². The molecule has 0 spiro atoms. The predicted molar refractivity (Wildman–Crippen MR) is 54.4 cm³/mol. The van der Waals surface area contributed by atoms with Gasteiger partial charge in [0, 0.05) is 12.1 Å². The molecule has 1 aliphatic carbocycles. The maximum atomic E-state index is 3.71. The summed E-state index contributed by atoms with van der Waals surface area (Å²) in [4.78, 5) is 0. The highest BCUT2D eigenvalue weighted by Crippen LogP contribution is 2.17. The zero-order valence-corrected chi connectivity index (χ0v) is 8.60. The smallest absolute Gasteiger partial charge is 0.00695 e. The van der Waals surface area contributed by atoms with E-state index in [2.05, 4.69) is 19.2 Å². The van der Waals surface area contributed by atoms with Crippen molar-refractivity contribution in [2.24, 2.45) is 0 Å². The third-order valence-electron chi connectivity index (χ3n) is 2.99. The van der Waals surface area contributed by atoms with Crippen LogP contribution in [0.2, 0.25) is 0 Å². The molecule has 0 saturated heterocycles. The Hall–Kier alpha value is -0.0400. The Kier molecular flexibility index (Phi) is 4.67. The first-order valence-corrected chi connectivity index (χ1v) is 5.59. The number of rotatable bonds is 3. The molecule has 1 aliphatic rings. The summed E-state index contributed by atoms with van der Waals surface area (Å²) in [6.45, 7) is 4.55. The van der Waals surface area contributed by atoms with E-state index in [0.29, 0.717) is 6.04 Å². The highest BCUT2D eigenvalue weighted by molar-refractivity contribution is 4.73. The molecule has 0 aliphatic heterocycles. The Balaban J connectivity index is 2.20. The molecular formula is C11H23N. The minimum Gasteiger partial charge on any atom is -0.312 e. The molecule has 0 aromatic rings. The molecule has 0 unspecified atom stereocenters. The van der Waals surface area contributed by atoms with Crippen LogP contribution in [0.5, 0.6) is 0 Å². The molecule has 0 radical (unpaired) electrons. The summed E-state index contributed by atoms with van der Waals surface area (Å²) in [5, 5.41) is 3.71. The quantitative estimate of drug-likeness (QED) is 0.640. The Labute approximate surface area is 76.9 Å². The molecule has 0 heterocycles. The van der Waals surface area contributed by atoms with Gasteiger partial charge in [-0.25, -0.2) is 0 Å². The summed E-state index contributed by atoms with van der Waals surface area (Å²) in [5.41, 5.74) is 0. The van der Waals surface area contributed by atoms with Crippen molar-refractivity contribution in [2.45, 2.75) is 70.9 Å². The zero-order chi connectivity index (χ0) is 8.81. The van der Waals surface area contributed by atoms with Gasteiger partial charge >= 0.3 is 0 Å². The normalized spacial score (nSPS) is 23.5. The molecule has 1 atom stereocenters. The van der Waals surface area contributed by atoms with Gasteiger partial charge in [0.2, 0.25) is 0 Å². The van der Waals surface area contributed by atoms with Crippen LogP contribution in [0.25, 0.3) is 0 Å². The number of hydrogen-bond acceptors (Lipinski definition) is 1. The molecule has 1 nitrogen and oxygen atoms in total. The van der Waals surface area contributed by atoms with E-state index in [9.17, 15) is 0 Å². The highest BCUT2D eigenvalue weighted by Gasteiger charge is 2.12. The van der Waals surface area contributed by atoms with Crippen LogP contribution >= 0.6 is 0 Å². The van der Waals surface area contributed by atoms with E-state index in [1.165, 1.54) is 44.9 Å². The highest BCUT2D eigenvalue weighted by atomic mass is 14.9. The monoisotopic (exact) mass is 169 g/mol. The largest absolute Gasteiger partial charge is 0.312 e. The Morgan fingerprint density at radius 2 is 1.75 bits per heavy atom. The van der Waals surface area contributed by atoms with Gasteiger partial charge in [-0.05, 0) is 26.2 Å². The SMILES string of the molecule is CC[C@@H](C)NC1CCCCCC1. The van der Waals surface area contributed by atoms with Crippen molar-refractivity contribution in [3.63, 3.8) is 0 Å². The first-order valence-electron chi connectivity index (χ1n) is 5.59. The number of hydrogen-bond donors (Lipinski definition) is 1. The van der Waals surface area contributed by atoms with Crippen molar-refractivity contribution in [2.75, 3.05) is 0 Å². The van der Waals surface area contributed by atoms with E-state index in [-0.39, 0.29) is 0 Å². The second-order valence-electron chi connectivity index (χ2n) is 4.16. The van der Waals surface area contributed by atoms with E-state index < -0.39 is 0 Å². The van der Waals surface area contributed by atoms with Crippen LogP contribution in [-0.4, -0.2) is 12.1 Å². The molecule has 72 valence electrons. The summed E-state index contributed by atoms with van der Waals surface area (Å²) in [6, 6.07) is 1.54. The molecule has 0 aromatic carbocycles. The van der Waals surface area contributed by atoms with Crippen molar-refractivity contribution in [1.82, 2.24) is 5.32 Å². The summed E-state index contributed by atoms with van der Waals surface area (Å²) < 4.78 is 0. The maximum absolute atomic E-state index is 3.71. The lowest BCUT2D eigenvalue weighted by Gasteiger charge is -2.20. The van der Waals surface area contributed by atoms with E-state index in [0.717, 1.165) is 6.04 Å². The third-order valence-corrected chi connectivity index (χ3v) is 2.99. The predicted octanol–water partition coefficient (Wildman–Crippen LogP) is 3.10. The molecule has 0 aromatic heterocycles. The van der Waals surface area contributed by atoms with Crippen LogP contribution in [-0.2, 0) is 0 Å². The first-order chi connectivity index (χ1) is 5.83. The van der Waals surface area contributed by atoms with E-state index >= 15 is 0 Å². The third kappa shape index (κ3) is 3.57. The average Bonchev–Trinajstić information content (AvgIpc) is 2.33. The Morgan fingerprint density at radius 3 is 2.25 bits per heavy atom. The molecule has 1 fully saturated rings. The fourth-order valence-electron chi connectivity index (χ4n) is 1.97. The van der Waals surface area contributed by atoms with E-state index in [1.54, 1.807) is 0 Å². The van der Waals surface area contributed by atoms with Crippen LogP contribution in [0, 0.1) is 0 Å². The van der Waals surface area contributed by atoms with Gasteiger partial charge in [0.1, 0.15) is 0 Å². The van der Waals surface area contributed by atoms with Crippen LogP contribution in [0.1, 0.15) is 58.8 Å². The topological polar surface area (TPSA) is 12.0 Å². The summed E-state index contributed by atoms with van der Waals surface area (Å²) >= 11 is 0. The lowest BCUT2D eigenvalue weighted by Crippen LogP contribution is -2.35. The minimum absolute atomic E-state index is 0.716. The molecular weight excluding hydrogens is 146 g/mol. The summed E-state index contributed by atoms with van der Waals surface area (Å²) in [7, 11) is 0. The van der Waals surface area contributed by atoms with E-state index in [4.69, 9.17) is 0 Å². The summed E-state index contributed by atoms with van der Waals surface area (Å²) in [6.07, 6.45) is 9.87.